The summed E-state index contributed by atoms with van der Waals surface area (Å²) in [5.74, 6) is -0.420. The molecule has 0 heterocycles. The van der Waals surface area contributed by atoms with E-state index in [1.165, 1.54) is 25.3 Å². The molecular formula is C16H12BrFO2. The third-order valence-electron chi connectivity index (χ3n) is 2.74. The molecule has 0 unspecified atom stereocenters. The fourth-order valence-corrected chi connectivity index (χ4v) is 2.19. The minimum Gasteiger partial charge on any atom is -0.494 e. The number of allylic oxidation sites excluding steroid dienone is 1. The quantitative estimate of drug-likeness (QED) is 0.608. The molecule has 0 radical (unpaired) electrons. The van der Waals surface area contributed by atoms with Gasteiger partial charge >= 0.3 is 0 Å². The van der Waals surface area contributed by atoms with Crippen LogP contribution in [-0.2, 0) is 0 Å². The number of methoxy groups -OCH3 is 1. The molecule has 2 rings (SSSR count). The van der Waals surface area contributed by atoms with Gasteiger partial charge in [0.05, 0.1) is 7.11 Å². The van der Waals surface area contributed by atoms with Gasteiger partial charge in [0.1, 0.15) is 0 Å². The number of carbonyl (C=O) groups excluding carboxylic acids is 1. The molecule has 0 aliphatic carbocycles. The molecule has 0 atom stereocenters. The summed E-state index contributed by atoms with van der Waals surface area (Å²) in [5.41, 5.74) is 1.17. The number of hydrogen-bond donors (Lipinski definition) is 0. The number of carbonyl (C=O) groups is 1. The maximum Gasteiger partial charge on any atom is 0.186 e. The van der Waals surface area contributed by atoms with Gasteiger partial charge < -0.3 is 4.74 Å². The van der Waals surface area contributed by atoms with Crippen molar-refractivity contribution >= 4 is 27.8 Å². The summed E-state index contributed by atoms with van der Waals surface area (Å²) in [7, 11) is 1.41. The van der Waals surface area contributed by atoms with E-state index in [0.29, 0.717) is 11.1 Å². The lowest BCUT2D eigenvalue weighted by atomic mass is 10.1. The van der Waals surface area contributed by atoms with Crippen molar-refractivity contribution in [3.63, 3.8) is 0 Å². The predicted octanol–water partition coefficient (Wildman–Crippen LogP) is 4.49. The van der Waals surface area contributed by atoms with Crippen molar-refractivity contribution in [1.82, 2.24) is 0 Å². The molecule has 4 heteroatoms. The molecule has 2 nitrogen and oxygen atoms in total. The van der Waals surface area contributed by atoms with Crippen molar-refractivity contribution in [2.24, 2.45) is 0 Å². The van der Waals surface area contributed by atoms with Gasteiger partial charge in [0.2, 0.25) is 0 Å². The van der Waals surface area contributed by atoms with Crippen molar-refractivity contribution < 1.29 is 13.9 Å². The Morgan fingerprint density at radius 1 is 1.25 bits per heavy atom. The smallest absolute Gasteiger partial charge is 0.186 e. The van der Waals surface area contributed by atoms with Crippen molar-refractivity contribution in [3.05, 3.63) is 70.0 Å². The Kier molecular flexibility index (Phi) is 4.69. The molecule has 0 saturated heterocycles. The molecule has 0 fully saturated rings. The van der Waals surface area contributed by atoms with Crippen LogP contribution in [-0.4, -0.2) is 12.9 Å². The molecule has 2 aromatic rings. The molecule has 0 aliphatic rings. The largest absolute Gasteiger partial charge is 0.494 e. The maximum absolute atomic E-state index is 13.5. The fraction of sp³-hybridized carbons (Fsp3) is 0.0625. The Labute approximate surface area is 125 Å². The molecule has 0 bridgehead atoms. The van der Waals surface area contributed by atoms with E-state index in [1.807, 2.05) is 6.07 Å². The number of benzene rings is 2. The van der Waals surface area contributed by atoms with Crippen molar-refractivity contribution in [3.8, 4) is 5.75 Å². The van der Waals surface area contributed by atoms with Gasteiger partial charge in [0, 0.05) is 10.0 Å². The average molecular weight is 335 g/mol. The van der Waals surface area contributed by atoms with E-state index in [1.54, 1.807) is 30.3 Å². The highest BCUT2D eigenvalue weighted by atomic mass is 79.9. The lowest BCUT2D eigenvalue weighted by molar-refractivity contribution is 0.104. The summed E-state index contributed by atoms with van der Waals surface area (Å²) in [6.45, 7) is 0. The zero-order chi connectivity index (χ0) is 14.5. The van der Waals surface area contributed by atoms with E-state index in [2.05, 4.69) is 15.9 Å². The number of rotatable bonds is 4. The third-order valence-corrected chi connectivity index (χ3v) is 3.43. The normalized spacial score (nSPS) is 10.8. The van der Waals surface area contributed by atoms with Crippen LogP contribution in [0.15, 0.2) is 53.0 Å². The second kappa shape index (κ2) is 6.48. The van der Waals surface area contributed by atoms with Gasteiger partial charge in [-0.15, -0.1) is 0 Å². The lowest BCUT2D eigenvalue weighted by Crippen LogP contribution is -1.95. The Morgan fingerprint density at radius 2 is 2.00 bits per heavy atom. The van der Waals surface area contributed by atoms with Gasteiger partial charge in [-0.3, -0.25) is 4.79 Å². The van der Waals surface area contributed by atoms with Crippen LogP contribution in [0.1, 0.15) is 15.9 Å². The highest BCUT2D eigenvalue weighted by Gasteiger charge is 2.06. The van der Waals surface area contributed by atoms with Crippen LogP contribution in [0.4, 0.5) is 4.39 Å². The summed E-state index contributed by atoms with van der Waals surface area (Å²) in [6, 6.07) is 11.7. The van der Waals surface area contributed by atoms with Gasteiger partial charge in [0.15, 0.2) is 17.3 Å². The van der Waals surface area contributed by atoms with Crippen molar-refractivity contribution in [2.75, 3.05) is 7.11 Å². The van der Waals surface area contributed by atoms with E-state index < -0.39 is 5.82 Å². The zero-order valence-corrected chi connectivity index (χ0v) is 12.4. The number of halogens is 2. The monoisotopic (exact) mass is 334 g/mol. The summed E-state index contributed by atoms with van der Waals surface area (Å²) < 4.78 is 19.1. The summed E-state index contributed by atoms with van der Waals surface area (Å²) in [6.07, 6.45) is 2.99. The second-order valence-corrected chi connectivity index (χ2v) is 4.93. The van der Waals surface area contributed by atoms with Gasteiger partial charge in [-0.2, -0.15) is 0 Å². The molecule has 0 N–H and O–H groups in total. The van der Waals surface area contributed by atoms with Crippen LogP contribution in [0.5, 0.6) is 5.75 Å². The van der Waals surface area contributed by atoms with Crippen LogP contribution in [0.3, 0.4) is 0 Å². The van der Waals surface area contributed by atoms with Gasteiger partial charge in [0.25, 0.3) is 0 Å². The molecule has 0 spiro atoms. The standard InChI is InChI=1S/C16H12BrFO2/c1-20-16-9-7-11(10-14(16)18)6-8-15(19)12-4-2-3-5-13(12)17/h2-10H,1H3/b8-6+. The predicted molar refractivity (Wildman–Crippen MR) is 80.5 cm³/mol. The van der Waals surface area contributed by atoms with E-state index in [-0.39, 0.29) is 11.5 Å². The Bertz CT molecular complexity index is 665. The third kappa shape index (κ3) is 3.33. The van der Waals surface area contributed by atoms with Crippen molar-refractivity contribution in [2.45, 2.75) is 0 Å². The summed E-state index contributed by atoms with van der Waals surface area (Å²) in [5, 5.41) is 0. The first-order chi connectivity index (χ1) is 9.61. The molecule has 0 aliphatic heterocycles. The van der Waals surface area contributed by atoms with Crippen LogP contribution in [0.2, 0.25) is 0 Å². The molecule has 0 aromatic heterocycles. The van der Waals surface area contributed by atoms with Crippen LogP contribution in [0.25, 0.3) is 6.08 Å². The van der Waals surface area contributed by atoms with Crippen LogP contribution in [0, 0.1) is 5.82 Å². The van der Waals surface area contributed by atoms with E-state index in [0.717, 1.165) is 4.47 Å². The fourth-order valence-electron chi connectivity index (χ4n) is 1.71. The molecule has 2 aromatic carbocycles. The Balaban J connectivity index is 2.19. The number of ether oxygens (including phenoxy) is 1. The van der Waals surface area contributed by atoms with Gasteiger partial charge in [-0.1, -0.05) is 40.2 Å². The highest BCUT2D eigenvalue weighted by molar-refractivity contribution is 9.10. The number of ketones is 1. The summed E-state index contributed by atoms with van der Waals surface area (Å²) in [4.78, 5) is 12.0. The first kappa shape index (κ1) is 14.5. The molecule has 0 amide bonds. The second-order valence-electron chi connectivity index (χ2n) is 4.07. The highest BCUT2D eigenvalue weighted by Crippen LogP contribution is 2.20. The topological polar surface area (TPSA) is 26.3 Å². The molecule has 0 saturated carbocycles. The number of hydrogen-bond acceptors (Lipinski definition) is 2. The SMILES string of the molecule is COc1ccc(/C=C/C(=O)c2ccccc2Br)cc1F. The molecule has 20 heavy (non-hydrogen) atoms. The van der Waals surface area contributed by atoms with Gasteiger partial charge in [-0.05, 0) is 35.9 Å². The van der Waals surface area contributed by atoms with E-state index >= 15 is 0 Å². The van der Waals surface area contributed by atoms with Crippen molar-refractivity contribution in [1.29, 1.82) is 0 Å². The lowest BCUT2D eigenvalue weighted by Gasteiger charge is -2.02. The van der Waals surface area contributed by atoms with Gasteiger partial charge in [-0.25, -0.2) is 4.39 Å². The Hall–Kier alpha value is -1.94. The van der Waals surface area contributed by atoms with Crippen LogP contribution >= 0.6 is 15.9 Å². The first-order valence-corrected chi connectivity index (χ1v) is 6.71. The minimum atomic E-state index is -0.456. The van der Waals surface area contributed by atoms with E-state index in [4.69, 9.17) is 4.74 Å². The van der Waals surface area contributed by atoms with Crippen LogP contribution < -0.4 is 4.74 Å². The minimum absolute atomic E-state index is 0.145. The maximum atomic E-state index is 13.5. The molecule has 102 valence electrons. The van der Waals surface area contributed by atoms with E-state index in [9.17, 15) is 9.18 Å². The first-order valence-electron chi connectivity index (χ1n) is 5.92. The summed E-state index contributed by atoms with van der Waals surface area (Å²) >= 11 is 3.32. The molecular weight excluding hydrogens is 323 g/mol. The zero-order valence-electron chi connectivity index (χ0n) is 10.8. The average Bonchev–Trinajstić information content (AvgIpc) is 2.45. The Morgan fingerprint density at radius 3 is 2.65 bits per heavy atom.